The van der Waals surface area contributed by atoms with Crippen molar-refractivity contribution in [3.05, 3.63) is 36.0 Å². The minimum atomic E-state index is -1.21. The molecule has 2 aromatic rings. The third-order valence-corrected chi connectivity index (χ3v) is 9.75. The lowest BCUT2D eigenvalue weighted by atomic mass is 9.99. The summed E-state index contributed by atoms with van der Waals surface area (Å²) >= 11 is 0. The van der Waals surface area contributed by atoms with Gasteiger partial charge >= 0.3 is 5.97 Å². The fourth-order valence-corrected chi connectivity index (χ4v) is 6.71. The van der Waals surface area contributed by atoms with Crippen molar-refractivity contribution in [3.63, 3.8) is 0 Å². The molecule has 0 bridgehead atoms. The van der Waals surface area contributed by atoms with Crippen molar-refractivity contribution >= 4 is 46.4 Å². The van der Waals surface area contributed by atoms with Crippen LogP contribution in [-0.4, -0.2) is 113 Å². The highest BCUT2D eigenvalue weighted by Gasteiger charge is 2.35. The molecule has 2 heterocycles. The van der Waals surface area contributed by atoms with E-state index in [2.05, 4.69) is 26.3 Å². The van der Waals surface area contributed by atoms with Crippen molar-refractivity contribution in [3.8, 4) is 0 Å². The molecule has 17 heteroatoms. The highest BCUT2D eigenvalue weighted by atomic mass is 16.4. The quantitative estimate of drug-likeness (QED) is 0.0607. The molecule has 1 aliphatic heterocycles. The first kappa shape index (κ1) is 43.8. The fourth-order valence-electron chi connectivity index (χ4n) is 6.71. The van der Waals surface area contributed by atoms with Crippen molar-refractivity contribution in [1.29, 1.82) is 0 Å². The second-order valence-electron chi connectivity index (χ2n) is 13.8. The third kappa shape index (κ3) is 13.4. The van der Waals surface area contributed by atoms with E-state index >= 15 is 0 Å². The molecule has 14 N–H and O–H groups in total. The van der Waals surface area contributed by atoms with Gasteiger partial charge < -0.3 is 59.2 Å². The number of nitrogens with zero attached hydrogens (tertiary/aromatic N) is 1. The lowest BCUT2D eigenvalue weighted by Gasteiger charge is -2.35. The van der Waals surface area contributed by atoms with Crippen molar-refractivity contribution in [2.24, 2.45) is 22.9 Å². The highest BCUT2D eigenvalue weighted by molar-refractivity contribution is 5.96. The summed E-state index contributed by atoms with van der Waals surface area (Å²) < 4.78 is 0. The number of aliphatic carboxylic acids is 1. The van der Waals surface area contributed by atoms with Gasteiger partial charge in [-0.3, -0.25) is 24.0 Å². The van der Waals surface area contributed by atoms with Gasteiger partial charge in [0.15, 0.2) is 0 Å². The van der Waals surface area contributed by atoms with Crippen molar-refractivity contribution < 1.29 is 33.9 Å². The Morgan fingerprint density at radius 3 is 1.85 bits per heavy atom. The summed E-state index contributed by atoms with van der Waals surface area (Å²) in [4.78, 5) is 84.6. The minimum absolute atomic E-state index is 0.0282. The predicted octanol–water partition coefficient (Wildman–Crippen LogP) is -0.539. The molecule has 300 valence electrons. The number of amides is 5. The molecule has 54 heavy (non-hydrogen) atoms. The van der Waals surface area contributed by atoms with Crippen LogP contribution in [0.3, 0.4) is 0 Å². The van der Waals surface area contributed by atoms with Gasteiger partial charge in [0.05, 0.1) is 6.54 Å². The number of likely N-dealkylation sites (tertiary alicyclic amines) is 1. The van der Waals surface area contributed by atoms with E-state index in [1.165, 1.54) is 4.90 Å². The predicted molar refractivity (Wildman–Crippen MR) is 204 cm³/mol. The SMILES string of the molecule is NCCCC[C@H](NC(=O)[C@H](CCCCN)NC(=O)[C@H](Cc1c[nH]c2ccccc12)NC(=O)[C@H](CCCCN)NC(=O)[C@@H]1CCCCN1C(=O)CN)C(=O)O. The van der Waals surface area contributed by atoms with Gasteiger partial charge in [-0.2, -0.15) is 0 Å². The summed E-state index contributed by atoms with van der Waals surface area (Å²) in [6.45, 7) is 1.25. The Hall–Kier alpha value is -4.58. The summed E-state index contributed by atoms with van der Waals surface area (Å²) in [6, 6.07) is 2.11. The molecule has 0 aliphatic carbocycles. The number of carboxylic acid groups (broad SMARTS) is 1. The molecule has 5 amide bonds. The second-order valence-corrected chi connectivity index (χ2v) is 13.8. The number of rotatable bonds is 24. The summed E-state index contributed by atoms with van der Waals surface area (Å²) in [7, 11) is 0. The van der Waals surface area contributed by atoms with Crippen LogP contribution in [0.1, 0.15) is 82.6 Å². The first-order valence-corrected chi connectivity index (χ1v) is 19.1. The molecule has 1 aromatic heterocycles. The molecule has 5 atom stereocenters. The number of aromatic amines is 1. The summed E-state index contributed by atoms with van der Waals surface area (Å²) in [5, 5.41) is 21.6. The van der Waals surface area contributed by atoms with Crippen LogP contribution < -0.4 is 44.2 Å². The van der Waals surface area contributed by atoms with E-state index in [9.17, 15) is 33.9 Å². The van der Waals surface area contributed by atoms with Gasteiger partial charge in [0, 0.05) is 30.1 Å². The monoisotopic (exact) mass is 756 g/mol. The van der Waals surface area contributed by atoms with E-state index in [1.54, 1.807) is 6.20 Å². The van der Waals surface area contributed by atoms with Gasteiger partial charge in [0.25, 0.3) is 0 Å². The van der Waals surface area contributed by atoms with Crippen LogP contribution in [0.5, 0.6) is 0 Å². The van der Waals surface area contributed by atoms with Crippen molar-refractivity contribution in [2.45, 2.75) is 114 Å². The van der Waals surface area contributed by atoms with E-state index < -0.39 is 59.8 Å². The Labute approximate surface area is 316 Å². The average molecular weight is 757 g/mol. The van der Waals surface area contributed by atoms with Crippen LogP contribution in [-0.2, 0) is 35.2 Å². The molecule has 0 unspecified atom stereocenters. The number of para-hydroxylation sites is 1. The van der Waals surface area contributed by atoms with Gasteiger partial charge in [-0.05, 0) is 108 Å². The van der Waals surface area contributed by atoms with E-state index in [1.807, 2.05) is 24.3 Å². The molecule has 3 rings (SSSR count). The van der Waals surface area contributed by atoms with Crippen molar-refractivity contribution in [2.75, 3.05) is 32.7 Å². The number of hydrogen-bond acceptors (Lipinski definition) is 10. The Kier molecular flexibility index (Phi) is 18.9. The topological polar surface area (TPSA) is 294 Å². The molecule has 0 spiro atoms. The van der Waals surface area contributed by atoms with Crippen LogP contribution >= 0.6 is 0 Å². The molecule has 0 radical (unpaired) electrons. The molecule has 1 aromatic carbocycles. The zero-order valence-corrected chi connectivity index (χ0v) is 31.2. The summed E-state index contributed by atoms with van der Waals surface area (Å²) in [6.07, 6.45) is 7.41. The first-order valence-electron chi connectivity index (χ1n) is 19.1. The number of piperidine rings is 1. The van der Waals surface area contributed by atoms with Gasteiger partial charge in [-0.15, -0.1) is 0 Å². The van der Waals surface area contributed by atoms with Gasteiger partial charge in [-0.25, -0.2) is 4.79 Å². The maximum absolute atomic E-state index is 14.2. The number of carboxylic acids is 1. The van der Waals surface area contributed by atoms with Crippen LogP contribution in [0.15, 0.2) is 30.5 Å². The van der Waals surface area contributed by atoms with E-state index in [0.717, 1.165) is 29.3 Å². The number of hydrogen-bond donors (Lipinski definition) is 10. The van der Waals surface area contributed by atoms with Gasteiger partial charge in [0.1, 0.15) is 30.2 Å². The Morgan fingerprint density at radius 2 is 1.26 bits per heavy atom. The zero-order chi connectivity index (χ0) is 39.5. The van der Waals surface area contributed by atoms with Gasteiger partial charge in [0.2, 0.25) is 29.5 Å². The maximum atomic E-state index is 14.2. The lowest BCUT2D eigenvalue weighted by molar-refractivity contribution is -0.143. The number of fused-ring (bicyclic) bond motifs is 1. The normalized spacial score (nSPS) is 16.5. The molecule has 1 saturated heterocycles. The van der Waals surface area contributed by atoms with E-state index in [-0.39, 0.29) is 38.1 Å². The van der Waals surface area contributed by atoms with Crippen LogP contribution in [0.4, 0.5) is 0 Å². The molecule has 1 aliphatic rings. The minimum Gasteiger partial charge on any atom is -0.480 e. The number of carbonyl (C=O) groups is 6. The van der Waals surface area contributed by atoms with Crippen LogP contribution in [0, 0.1) is 0 Å². The lowest BCUT2D eigenvalue weighted by Crippen LogP contribution is -2.60. The first-order chi connectivity index (χ1) is 26.0. The van der Waals surface area contributed by atoms with Crippen LogP contribution in [0.2, 0.25) is 0 Å². The molecule has 0 saturated carbocycles. The Bertz CT molecular complexity index is 1540. The Balaban J connectivity index is 1.90. The number of benzene rings is 1. The van der Waals surface area contributed by atoms with Crippen LogP contribution in [0.25, 0.3) is 10.9 Å². The molecule has 17 nitrogen and oxygen atoms in total. The van der Waals surface area contributed by atoms with E-state index in [4.69, 9.17) is 22.9 Å². The number of unbranched alkanes of at least 4 members (excludes halogenated alkanes) is 3. The third-order valence-electron chi connectivity index (χ3n) is 9.75. The smallest absolute Gasteiger partial charge is 0.326 e. The number of nitrogens with two attached hydrogens (primary N) is 4. The zero-order valence-electron chi connectivity index (χ0n) is 31.2. The standard InChI is InChI=1S/C37H60N10O7/c38-17-7-3-13-27(33(49)45-29(37(53)54)15-5-9-19-40)43-35(51)30(21-24-23-42-26-12-2-1-11-25(24)26)46-34(50)28(14-4-8-18-39)44-36(52)31-16-6-10-20-47(31)32(48)22-41/h1-2,11-12,23,27-31,42H,3-10,13-22,38-41H2,(H,43,51)(H,44,52)(H,45,49)(H,46,50)(H,53,54)/t27-,28-,29-,30-,31-/m0/s1. The number of H-pyrrole nitrogens is 1. The Morgan fingerprint density at radius 1 is 0.722 bits per heavy atom. The summed E-state index contributed by atoms with van der Waals surface area (Å²) in [5.41, 5.74) is 24.2. The van der Waals surface area contributed by atoms with Crippen molar-refractivity contribution in [1.82, 2.24) is 31.2 Å². The molecular formula is C37H60N10O7. The number of carbonyl (C=O) groups excluding carboxylic acids is 5. The highest BCUT2D eigenvalue weighted by Crippen LogP contribution is 2.21. The second kappa shape index (κ2) is 23.3. The molecular weight excluding hydrogens is 696 g/mol. The van der Waals surface area contributed by atoms with Gasteiger partial charge in [-0.1, -0.05) is 18.2 Å². The fraction of sp³-hybridized carbons (Fsp3) is 0.622. The maximum Gasteiger partial charge on any atom is 0.326 e. The molecule has 1 fully saturated rings. The number of nitrogens with one attached hydrogen (secondary N) is 5. The summed E-state index contributed by atoms with van der Waals surface area (Å²) in [5.74, 6) is -4.02. The average Bonchev–Trinajstić information content (AvgIpc) is 3.58. The van der Waals surface area contributed by atoms with E-state index in [0.29, 0.717) is 71.1 Å². The largest absolute Gasteiger partial charge is 0.480 e. The number of aromatic nitrogens is 1.